The predicted octanol–water partition coefficient (Wildman–Crippen LogP) is 6.91. The summed E-state index contributed by atoms with van der Waals surface area (Å²) in [6.45, 7) is 4.25. The molecular weight excluding hydrogens is 526 g/mol. The van der Waals surface area contributed by atoms with Crippen molar-refractivity contribution >= 4 is 17.6 Å². The smallest absolute Gasteiger partial charge is 0.353 e. The molecule has 12 heteroatoms. The minimum Gasteiger partial charge on any atom is -0.353 e. The zero-order chi connectivity index (χ0) is 29.0. The van der Waals surface area contributed by atoms with Crippen LogP contribution in [-0.4, -0.2) is 45.4 Å². The lowest BCUT2D eigenvalue weighted by molar-refractivity contribution is -0.143. The van der Waals surface area contributed by atoms with Crippen molar-refractivity contribution in [3.63, 3.8) is 0 Å². The molecule has 3 amide bonds. The predicted molar refractivity (Wildman–Crippen MR) is 135 cm³/mol. The summed E-state index contributed by atoms with van der Waals surface area (Å²) in [6.07, 6.45) is -4.55. The van der Waals surface area contributed by atoms with Crippen LogP contribution in [0.1, 0.15) is 62.8 Å². The number of alkyl halides is 6. The maximum atomic E-state index is 13.5. The van der Waals surface area contributed by atoms with E-state index in [1.54, 1.807) is 4.90 Å². The van der Waals surface area contributed by atoms with Gasteiger partial charge in [-0.15, -0.1) is 0 Å². The number of amides is 3. The van der Waals surface area contributed by atoms with Crippen LogP contribution in [0, 0.1) is 5.92 Å². The number of anilines is 1. The molecule has 0 bridgehead atoms. The number of urea groups is 1. The quantitative estimate of drug-likeness (QED) is 0.357. The molecule has 0 spiro atoms. The van der Waals surface area contributed by atoms with Crippen LogP contribution in [0.2, 0.25) is 0 Å². The molecule has 39 heavy (non-hydrogen) atoms. The van der Waals surface area contributed by atoms with Gasteiger partial charge < -0.3 is 19.7 Å². The van der Waals surface area contributed by atoms with Gasteiger partial charge in [0.2, 0.25) is 5.91 Å². The van der Waals surface area contributed by atoms with Crippen LogP contribution >= 0.6 is 0 Å². The Bertz CT molecular complexity index is 1100. The number of benzene rings is 1. The second kappa shape index (κ2) is 12.3. The molecule has 1 aromatic heterocycles. The van der Waals surface area contributed by atoms with E-state index >= 15 is 0 Å². The number of aromatic nitrogens is 1. The molecule has 1 saturated carbocycles. The molecule has 2 aromatic rings. The van der Waals surface area contributed by atoms with E-state index < -0.39 is 35.2 Å². The first-order valence-electron chi connectivity index (χ1n) is 12.9. The van der Waals surface area contributed by atoms with Crippen LogP contribution in [-0.2, 0) is 30.7 Å². The van der Waals surface area contributed by atoms with Gasteiger partial charge in [-0.3, -0.25) is 4.79 Å². The molecule has 1 aliphatic carbocycles. The van der Waals surface area contributed by atoms with Crippen molar-refractivity contribution in [3.05, 3.63) is 53.3 Å². The van der Waals surface area contributed by atoms with Crippen molar-refractivity contribution in [1.82, 2.24) is 14.4 Å². The molecule has 1 heterocycles. The lowest BCUT2D eigenvalue weighted by Gasteiger charge is -2.36. The van der Waals surface area contributed by atoms with Gasteiger partial charge >= 0.3 is 18.4 Å². The van der Waals surface area contributed by atoms with Crippen LogP contribution in [0.15, 0.2) is 36.5 Å². The first kappa shape index (κ1) is 30.4. The van der Waals surface area contributed by atoms with Gasteiger partial charge in [-0.1, -0.05) is 33.1 Å². The zero-order valence-electron chi connectivity index (χ0n) is 22.2. The molecule has 0 saturated heterocycles. The molecule has 0 radical (unpaired) electrons. The minimum atomic E-state index is -5.05. The van der Waals surface area contributed by atoms with Crippen molar-refractivity contribution in [1.29, 1.82) is 0 Å². The van der Waals surface area contributed by atoms with Gasteiger partial charge in [0.25, 0.3) is 0 Å². The normalized spacial score (nSPS) is 14.9. The second-order valence-electron chi connectivity index (χ2n) is 10.4. The Morgan fingerprint density at radius 1 is 1.00 bits per heavy atom. The summed E-state index contributed by atoms with van der Waals surface area (Å²) in [4.78, 5) is 29.7. The molecule has 1 fully saturated rings. The second-order valence-corrected chi connectivity index (χ2v) is 10.4. The molecule has 3 rings (SSSR count). The van der Waals surface area contributed by atoms with Crippen molar-refractivity contribution in [2.24, 2.45) is 13.0 Å². The number of hydrogen-bond donors (Lipinski definition) is 1. The number of nitrogens with one attached hydrogen (secondary N) is 1. The van der Waals surface area contributed by atoms with E-state index in [1.807, 2.05) is 43.8 Å². The van der Waals surface area contributed by atoms with Crippen LogP contribution < -0.4 is 5.32 Å². The van der Waals surface area contributed by atoms with E-state index in [1.165, 1.54) is 4.90 Å². The van der Waals surface area contributed by atoms with Crippen LogP contribution in [0.3, 0.4) is 0 Å². The number of hydrogen-bond acceptors (Lipinski definition) is 2. The maximum Gasteiger partial charge on any atom is 0.416 e. The van der Waals surface area contributed by atoms with E-state index in [0.717, 1.165) is 25.0 Å². The van der Waals surface area contributed by atoms with Crippen molar-refractivity contribution in [2.45, 2.75) is 70.9 Å². The molecule has 0 aliphatic heterocycles. The number of nitrogens with zero attached hydrogens (tertiary/aromatic N) is 3. The Morgan fingerprint density at radius 2 is 1.59 bits per heavy atom. The minimum absolute atomic E-state index is 0.00542. The first-order chi connectivity index (χ1) is 18.1. The third-order valence-electron chi connectivity index (χ3n) is 6.76. The summed E-state index contributed by atoms with van der Waals surface area (Å²) in [5.74, 6) is -0.234. The lowest BCUT2D eigenvalue weighted by Crippen LogP contribution is -2.50. The molecule has 1 aromatic carbocycles. The SMILES string of the molecule is CC(C)CN(Cc1cccn1C)C(=O)CN(C(=O)Nc1cc(C(F)(F)F)cc(C(F)(F)F)c1)C1CCCCC1. The zero-order valence-corrected chi connectivity index (χ0v) is 22.2. The summed E-state index contributed by atoms with van der Waals surface area (Å²) >= 11 is 0. The van der Waals surface area contributed by atoms with Crippen LogP contribution in [0.5, 0.6) is 0 Å². The molecule has 0 atom stereocenters. The Morgan fingerprint density at radius 3 is 2.08 bits per heavy atom. The van der Waals surface area contributed by atoms with E-state index in [-0.39, 0.29) is 30.5 Å². The van der Waals surface area contributed by atoms with Gasteiger partial charge in [0.1, 0.15) is 6.54 Å². The summed E-state index contributed by atoms with van der Waals surface area (Å²) in [5.41, 5.74) is -2.82. The number of carbonyl (C=O) groups is 2. The summed E-state index contributed by atoms with van der Waals surface area (Å²) in [7, 11) is 1.85. The highest BCUT2D eigenvalue weighted by atomic mass is 19.4. The Balaban J connectivity index is 1.89. The van der Waals surface area contributed by atoms with Gasteiger partial charge in [-0.05, 0) is 49.1 Å². The summed E-state index contributed by atoms with van der Waals surface area (Å²) in [5, 5.41) is 2.22. The van der Waals surface area contributed by atoms with Crippen molar-refractivity contribution < 1.29 is 35.9 Å². The van der Waals surface area contributed by atoms with Gasteiger partial charge in [0, 0.05) is 37.2 Å². The lowest BCUT2D eigenvalue weighted by atomic mass is 9.94. The van der Waals surface area contributed by atoms with E-state index in [2.05, 4.69) is 5.32 Å². The Kier molecular flexibility index (Phi) is 9.60. The third-order valence-corrected chi connectivity index (χ3v) is 6.76. The highest BCUT2D eigenvalue weighted by Gasteiger charge is 2.37. The molecule has 216 valence electrons. The fourth-order valence-electron chi connectivity index (χ4n) is 4.78. The number of carbonyl (C=O) groups excluding carboxylic acids is 2. The molecule has 1 N–H and O–H groups in total. The van der Waals surface area contributed by atoms with Gasteiger partial charge in [0.05, 0.1) is 17.7 Å². The highest BCUT2D eigenvalue weighted by molar-refractivity contribution is 5.93. The summed E-state index contributed by atoms with van der Waals surface area (Å²) in [6, 6.07) is 3.38. The summed E-state index contributed by atoms with van der Waals surface area (Å²) < 4.78 is 81.8. The molecule has 0 unspecified atom stereocenters. The molecule has 6 nitrogen and oxygen atoms in total. The van der Waals surface area contributed by atoms with E-state index in [9.17, 15) is 35.9 Å². The fourth-order valence-corrected chi connectivity index (χ4v) is 4.78. The van der Waals surface area contributed by atoms with Gasteiger partial charge in [-0.2, -0.15) is 26.3 Å². The number of rotatable bonds is 8. The topological polar surface area (TPSA) is 57.6 Å². The average Bonchev–Trinajstić information content (AvgIpc) is 3.25. The van der Waals surface area contributed by atoms with Crippen LogP contribution in [0.25, 0.3) is 0 Å². The first-order valence-corrected chi connectivity index (χ1v) is 12.9. The van der Waals surface area contributed by atoms with E-state index in [0.29, 0.717) is 38.1 Å². The van der Waals surface area contributed by atoms with Gasteiger partial charge in [0.15, 0.2) is 0 Å². The van der Waals surface area contributed by atoms with Crippen molar-refractivity contribution in [2.75, 3.05) is 18.4 Å². The van der Waals surface area contributed by atoms with Crippen molar-refractivity contribution in [3.8, 4) is 0 Å². The maximum absolute atomic E-state index is 13.5. The average molecular weight is 561 g/mol. The van der Waals surface area contributed by atoms with Gasteiger partial charge in [-0.25, -0.2) is 4.79 Å². The van der Waals surface area contributed by atoms with E-state index in [4.69, 9.17) is 0 Å². The number of halogens is 6. The molecule has 1 aliphatic rings. The standard InChI is InChI=1S/C27H34F6N4O2/c1-18(2)15-36(16-23-10-7-11-35(23)3)24(38)17-37(22-8-5-4-6-9-22)25(39)34-21-13-19(26(28,29)30)12-20(14-21)27(31,32)33/h7,10-14,18,22H,4-6,8-9,15-17H2,1-3H3,(H,34,39). The fraction of sp³-hybridized carbons (Fsp3) is 0.556. The number of aryl methyl sites for hydroxylation is 1. The monoisotopic (exact) mass is 560 g/mol. The van der Waals surface area contributed by atoms with Crippen LogP contribution in [0.4, 0.5) is 36.8 Å². The Labute approximate surface area is 223 Å². The Hall–Kier alpha value is -3.18. The largest absolute Gasteiger partial charge is 0.416 e. The molecular formula is C27H34F6N4O2. The third kappa shape index (κ3) is 8.40. The highest BCUT2D eigenvalue weighted by Crippen LogP contribution is 2.37.